The molecule has 0 aliphatic carbocycles. The molecule has 0 saturated heterocycles. The van der Waals surface area contributed by atoms with Gasteiger partial charge in [-0.1, -0.05) is 30.3 Å². The zero-order valence-corrected chi connectivity index (χ0v) is 14.1. The Kier molecular flexibility index (Phi) is 4.62. The molecule has 1 aromatic heterocycles. The Bertz CT molecular complexity index is 1020. The van der Waals surface area contributed by atoms with Crippen LogP contribution in [0.2, 0.25) is 0 Å². The number of anilines is 1. The highest BCUT2D eigenvalue weighted by molar-refractivity contribution is 6.11. The Labute approximate surface area is 149 Å². The number of amides is 2. The number of carbonyl (C=O) groups excluding carboxylic acids is 2. The minimum atomic E-state index is -0.554. The molecule has 0 spiro atoms. The van der Waals surface area contributed by atoms with Gasteiger partial charge in [0.05, 0.1) is 16.8 Å². The Morgan fingerprint density at radius 2 is 1.77 bits per heavy atom. The number of aliphatic imine (C=N–C) groups is 1. The van der Waals surface area contributed by atoms with Gasteiger partial charge in [0.2, 0.25) is 5.91 Å². The van der Waals surface area contributed by atoms with Crippen molar-refractivity contribution < 1.29 is 9.59 Å². The molecular weight excluding hydrogens is 330 g/mol. The molecule has 7 nitrogen and oxygen atoms in total. The van der Waals surface area contributed by atoms with Gasteiger partial charge in [-0.25, -0.2) is 4.98 Å². The van der Waals surface area contributed by atoms with E-state index in [-0.39, 0.29) is 11.9 Å². The molecule has 5 N–H and O–H groups in total. The van der Waals surface area contributed by atoms with Crippen molar-refractivity contribution >= 4 is 34.4 Å². The standard InChI is InChI=1S/C19H17N5O2/c1-11(25)22-13-7-8-14-15(18(26)24-19(20)21)10-16(23-17(14)9-13)12-5-3-2-4-6-12/h2-10H,1H3,(H,22,25)(H4,20,21,24,26). The second-order valence-corrected chi connectivity index (χ2v) is 5.68. The first-order valence-electron chi connectivity index (χ1n) is 7.86. The quantitative estimate of drug-likeness (QED) is 0.495. The predicted molar refractivity (Wildman–Crippen MR) is 102 cm³/mol. The van der Waals surface area contributed by atoms with Gasteiger partial charge in [-0.05, 0) is 24.3 Å². The zero-order chi connectivity index (χ0) is 18.7. The summed E-state index contributed by atoms with van der Waals surface area (Å²) in [7, 11) is 0. The first kappa shape index (κ1) is 17.1. The number of pyridine rings is 1. The van der Waals surface area contributed by atoms with Crippen LogP contribution < -0.4 is 16.8 Å². The number of nitrogens with one attached hydrogen (secondary N) is 1. The summed E-state index contributed by atoms with van der Waals surface area (Å²) < 4.78 is 0. The van der Waals surface area contributed by atoms with Crippen LogP contribution in [0.5, 0.6) is 0 Å². The van der Waals surface area contributed by atoms with E-state index < -0.39 is 5.91 Å². The Hall–Kier alpha value is -3.74. The van der Waals surface area contributed by atoms with Crippen LogP contribution >= 0.6 is 0 Å². The summed E-state index contributed by atoms with van der Waals surface area (Å²) in [5.41, 5.74) is 13.6. The van der Waals surface area contributed by atoms with E-state index in [1.54, 1.807) is 24.3 Å². The van der Waals surface area contributed by atoms with Crippen LogP contribution in [-0.4, -0.2) is 22.8 Å². The molecule has 3 aromatic rings. The number of hydrogen-bond acceptors (Lipinski definition) is 3. The lowest BCUT2D eigenvalue weighted by atomic mass is 10.0. The molecule has 0 saturated carbocycles. The summed E-state index contributed by atoms with van der Waals surface area (Å²) in [5, 5.41) is 3.30. The number of rotatable bonds is 3. The lowest BCUT2D eigenvalue weighted by Crippen LogP contribution is -2.24. The lowest BCUT2D eigenvalue weighted by Gasteiger charge is -2.10. The first-order chi connectivity index (χ1) is 12.4. The van der Waals surface area contributed by atoms with Gasteiger partial charge in [-0.3, -0.25) is 9.59 Å². The highest BCUT2D eigenvalue weighted by Crippen LogP contribution is 2.27. The maximum Gasteiger partial charge on any atom is 0.280 e. The summed E-state index contributed by atoms with van der Waals surface area (Å²) in [6.07, 6.45) is 0. The van der Waals surface area contributed by atoms with E-state index in [2.05, 4.69) is 15.3 Å². The molecule has 0 radical (unpaired) electrons. The van der Waals surface area contributed by atoms with E-state index in [1.807, 2.05) is 30.3 Å². The molecule has 130 valence electrons. The topological polar surface area (TPSA) is 123 Å². The van der Waals surface area contributed by atoms with Gasteiger partial charge in [0.25, 0.3) is 5.91 Å². The summed E-state index contributed by atoms with van der Waals surface area (Å²) in [4.78, 5) is 32.0. The maximum atomic E-state index is 12.5. The molecule has 7 heteroatoms. The first-order valence-corrected chi connectivity index (χ1v) is 7.86. The number of nitrogens with two attached hydrogens (primary N) is 2. The monoisotopic (exact) mass is 347 g/mol. The largest absolute Gasteiger partial charge is 0.370 e. The number of benzene rings is 2. The van der Waals surface area contributed by atoms with Gasteiger partial charge in [0.1, 0.15) is 0 Å². The van der Waals surface area contributed by atoms with Crippen molar-refractivity contribution in [1.29, 1.82) is 0 Å². The van der Waals surface area contributed by atoms with Crippen LogP contribution in [0.15, 0.2) is 59.6 Å². The van der Waals surface area contributed by atoms with E-state index in [1.165, 1.54) is 6.92 Å². The van der Waals surface area contributed by atoms with Crippen molar-refractivity contribution in [1.82, 2.24) is 4.98 Å². The summed E-state index contributed by atoms with van der Waals surface area (Å²) in [6, 6.07) is 16.2. The smallest absolute Gasteiger partial charge is 0.280 e. The fourth-order valence-electron chi connectivity index (χ4n) is 2.62. The maximum absolute atomic E-state index is 12.5. The van der Waals surface area contributed by atoms with Gasteiger partial charge in [0.15, 0.2) is 5.96 Å². The second-order valence-electron chi connectivity index (χ2n) is 5.68. The van der Waals surface area contributed by atoms with E-state index in [9.17, 15) is 9.59 Å². The number of guanidine groups is 1. The highest BCUT2D eigenvalue weighted by Gasteiger charge is 2.14. The Balaban J connectivity index is 2.24. The summed E-state index contributed by atoms with van der Waals surface area (Å²) in [6.45, 7) is 1.42. The molecule has 0 unspecified atom stereocenters. The fraction of sp³-hybridized carbons (Fsp3) is 0.0526. The molecule has 26 heavy (non-hydrogen) atoms. The van der Waals surface area contributed by atoms with E-state index in [0.717, 1.165) is 5.56 Å². The molecule has 3 rings (SSSR count). The third-order valence-corrected chi connectivity index (χ3v) is 3.66. The number of hydrogen-bond donors (Lipinski definition) is 3. The Morgan fingerprint density at radius 1 is 1.04 bits per heavy atom. The van der Waals surface area contributed by atoms with E-state index >= 15 is 0 Å². The van der Waals surface area contributed by atoms with Crippen LogP contribution in [0.3, 0.4) is 0 Å². The predicted octanol–water partition coefficient (Wildman–Crippen LogP) is 2.27. The van der Waals surface area contributed by atoms with Gasteiger partial charge >= 0.3 is 0 Å². The molecule has 2 aromatic carbocycles. The van der Waals surface area contributed by atoms with Crippen molar-refractivity contribution in [3.05, 3.63) is 60.2 Å². The third-order valence-electron chi connectivity index (χ3n) is 3.66. The minimum absolute atomic E-state index is 0.194. The molecule has 0 aliphatic heterocycles. The third kappa shape index (κ3) is 3.67. The van der Waals surface area contributed by atoms with Crippen LogP contribution in [0.1, 0.15) is 17.3 Å². The number of carbonyl (C=O) groups is 2. The number of aromatic nitrogens is 1. The molecule has 0 atom stereocenters. The van der Waals surface area contributed by atoms with Crippen molar-refractivity contribution in [3.8, 4) is 11.3 Å². The molecule has 0 aliphatic rings. The molecular formula is C19H17N5O2. The average Bonchev–Trinajstić information content (AvgIpc) is 2.60. The normalized spacial score (nSPS) is 10.3. The van der Waals surface area contributed by atoms with Crippen LogP contribution in [-0.2, 0) is 4.79 Å². The molecule has 0 fully saturated rings. The highest BCUT2D eigenvalue weighted by atomic mass is 16.2. The van der Waals surface area contributed by atoms with Gasteiger partial charge in [-0.15, -0.1) is 0 Å². The number of fused-ring (bicyclic) bond motifs is 1. The summed E-state index contributed by atoms with van der Waals surface area (Å²) in [5.74, 6) is -1.06. The average molecular weight is 347 g/mol. The van der Waals surface area contributed by atoms with Gasteiger partial charge in [0, 0.05) is 23.6 Å². The Morgan fingerprint density at radius 3 is 2.42 bits per heavy atom. The number of nitrogens with zero attached hydrogens (tertiary/aromatic N) is 2. The van der Waals surface area contributed by atoms with Crippen LogP contribution in [0.4, 0.5) is 5.69 Å². The minimum Gasteiger partial charge on any atom is -0.370 e. The van der Waals surface area contributed by atoms with Gasteiger partial charge in [-0.2, -0.15) is 4.99 Å². The molecule has 2 amide bonds. The van der Waals surface area contributed by atoms with Crippen LogP contribution in [0, 0.1) is 0 Å². The lowest BCUT2D eigenvalue weighted by molar-refractivity contribution is -0.114. The summed E-state index contributed by atoms with van der Waals surface area (Å²) >= 11 is 0. The second kappa shape index (κ2) is 7.02. The van der Waals surface area contributed by atoms with Crippen molar-refractivity contribution in [2.75, 3.05) is 5.32 Å². The van der Waals surface area contributed by atoms with E-state index in [0.29, 0.717) is 27.8 Å². The van der Waals surface area contributed by atoms with Crippen molar-refractivity contribution in [3.63, 3.8) is 0 Å². The fourth-order valence-corrected chi connectivity index (χ4v) is 2.62. The van der Waals surface area contributed by atoms with E-state index in [4.69, 9.17) is 11.5 Å². The van der Waals surface area contributed by atoms with Crippen LogP contribution in [0.25, 0.3) is 22.2 Å². The van der Waals surface area contributed by atoms with Crippen molar-refractivity contribution in [2.45, 2.75) is 6.92 Å². The molecule has 1 heterocycles. The zero-order valence-electron chi connectivity index (χ0n) is 14.1. The van der Waals surface area contributed by atoms with Gasteiger partial charge < -0.3 is 16.8 Å². The molecule has 0 bridgehead atoms. The van der Waals surface area contributed by atoms with Crippen molar-refractivity contribution in [2.24, 2.45) is 16.5 Å². The SMILES string of the molecule is CC(=O)Nc1ccc2c(C(=O)N=C(N)N)cc(-c3ccccc3)nc2c1.